The van der Waals surface area contributed by atoms with E-state index < -0.39 is 0 Å². The highest BCUT2D eigenvalue weighted by molar-refractivity contribution is 5.91. The molecule has 0 saturated heterocycles. The lowest BCUT2D eigenvalue weighted by molar-refractivity contribution is 0.194. The number of ether oxygens (including phenoxy) is 1. The highest BCUT2D eigenvalue weighted by atomic mass is 16.5. The highest BCUT2D eigenvalue weighted by Crippen LogP contribution is 2.39. The lowest BCUT2D eigenvalue weighted by Crippen LogP contribution is -2.38. The number of fused-ring (bicyclic) bond motifs is 3. The first-order chi connectivity index (χ1) is 19.5. The van der Waals surface area contributed by atoms with Crippen LogP contribution in [-0.2, 0) is 13.0 Å². The quantitative estimate of drug-likeness (QED) is 0.266. The number of urea groups is 1. The van der Waals surface area contributed by atoms with Gasteiger partial charge in [-0.15, -0.1) is 0 Å². The minimum Gasteiger partial charge on any atom is -0.497 e. The molecule has 0 spiro atoms. The average Bonchev–Trinajstić information content (AvgIpc) is 3.56. The Morgan fingerprint density at radius 3 is 2.58 bits per heavy atom. The third-order valence-corrected chi connectivity index (χ3v) is 7.60. The second kappa shape index (κ2) is 10.4. The van der Waals surface area contributed by atoms with Crippen molar-refractivity contribution in [3.8, 4) is 17.3 Å². The fraction of sp³-hybridized carbons (Fsp3) is 0.212. The molecule has 0 unspecified atom stereocenters. The molecule has 40 heavy (non-hydrogen) atoms. The summed E-state index contributed by atoms with van der Waals surface area (Å²) < 4.78 is 9.77. The van der Waals surface area contributed by atoms with Crippen molar-refractivity contribution in [3.63, 3.8) is 0 Å². The first kappa shape index (κ1) is 25.5. The Kier molecular flexibility index (Phi) is 6.64. The van der Waals surface area contributed by atoms with E-state index in [-0.39, 0.29) is 12.1 Å². The van der Waals surface area contributed by atoms with E-state index in [9.17, 15) is 4.79 Å². The van der Waals surface area contributed by atoms with Gasteiger partial charge in [0, 0.05) is 17.4 Å². The van der Waals surface area contributed by atoms with Crippen molar-refractivity contribution < 1.29 is 9.53 Å². The molecule has 0 saturated carbocycles. The largest absolute Gasteiger partial charge is 0.497 e. The van der Waals surface area contributed by atoms with E-state index in [0.29, 0.717) is 6.54 Å². The van der Waals surface area contributed by atoms with Gasteiger partial charge in [-0.1, -0.05) is 55.0 Å². The smallest absolute Gasteiger partial charge is 0.322 e. The molecule has 7 nitrogen and oxygen atoms in total. The molecule has 6 rings (SSSR count). The zero-order valence-corrected chi connectivity index (χ0v) is 23.3. The summed E-state index contributed by atoms with van der Waals surface area (Å²) >= 11 is 0. The predicted molar refractivity (Wildman–Crippen MR) is 158 cm³/mol. The fourth-order valence-electron chi connectivity index (χ4n) is 5.65. The van der Waals surface area contributed by atoms with Crippen LogP contribution in [0.2, 0.25) is 0 Å². The Morgan fingerprint density at radius 1 is 1.00 bits per heavy atom. The maximum Gasteiger partial charge on any atom is 0.322 e. The number of para-hydroxylation sites is 1. The SMILES string of the molecule is CCc1nn(-c2ccccc2)c2c1CN(C(=O)Nc1ccc(C)cc1C)[C@H](c1cccc(OC)c1)c1cccn1-2. The molecule has 0 aliphatic carbocycles. The molecule has 0 radical (unpaired) electrons. The molecule has 0 bridgehead atoms. The van der Waals surface area contributed by atoms with Gasteiger partial charge in [0.2, 0.25) is 0 Å². The highest BCUT2D eigenvalue weighted by Gasteiger charge is 2.36. The molecule has 2 aromatic heterocycles. The Hall–Kier alpha value is -4.78. The zero-order chi connectivity index (χ0) is 27.8. The Bertz CT molecular complexity index is 1680. The number of anilines is 1. The molecule has 3 aromatic carbocycles. The Labute approximate surface area is 234 Å². The van der Waals surface area contributed by atoms with E-state index in [0.717, 1.165) is 63.0 Å². The summed E-state index contributed by atoms with van der Waals surface area (Å²) in [6.45, 7) is 6.58. The number of aromatic nitrogens is 3. The van der Waals surface area contributed by atoms with Gasteiger partial charge in [0.05, 0.1) is 36.8 Å². The number of carbonyl (C=O) groups excluding carboxylic acids is 1. The van der Waals surface area contributed by atoms with Gasteiger partial charge in [0.15, 0.2) is 0 Å². The van der Waals surface area contributed by atoms with E-state index in [1.165, 1.54) is 0 Å². The number of methoxy groups -OCH3 is 1. The third-order valence-electron chi connectivity index (χ3n) is 7.60. The van der Waals surface area contributed by atoms with Crippen molar-refractivity contribution >= 4 is 11.7 Å². The number of benzene rings is 3. The standard InChI is InChI=1S/C33H33N5O2/c1-5-28-27-21-37(33(39)34-29-17-16-22(2)19-23(29)3)31(24-11-9-14-26(20-24)40-4)30-15-10-18-36(30)32(27)38(35-28)25-12-7-6-8-13-25/h6-20,31H,5,21H2,1-4H3,(H,34,39)/t31-/m1/s1. The molecule has 1 N–H and O–H groups in total. The van der Waals surface area contributed by atoms with Gasteiger partial charge in [-0.2, -0.15) is 5.10 Å². The zero-order valence-electron chi connectivity index (χ0n) is 23.3. The van der Waals surface area contributed by atoms with Gasteiger partial charge in [-0.05, 0) is 73.9 Å². The number of aryl methyl sites for hydroxylation is 3. The molecule has 5 aromatic rings. The monoisotopic (exact) mass is 531 g/mol. The summed E-state index contributed by atoms with van der Waals surface area (Å²) in [4.78, 5) is 16.2. The van der Waals surface area contributed by atoms with Gasteiger partial charge in [0.25, 0.3) is 0 Å². The van der Waals surface area contributed by atoms with Gasteiger partial charge < -0.3 is 19.5 Å². The molecule has 1 aliphatic heterocycles. The first-order valence-electron chi connectivity index (χ1n) is 13.6. The van der Waals surface area contributed by atoms with Crippen LogP contribution in [0.5, 0.6) is 5.75 Å². The third kappa shape index (κ3) is 4.43. The van der Waals surface area contributed by atoms with Crippen molar-refractivity contribution in [1.82, 2.24) is 19.2 Å². The van der Waals surface area contributed by atoms with Crippen LogP contribution in [-0.4, -0.2) is 32.4 Å². The van der Waals surface area contributed by atoms with Gasteiger partial charge in [-0.25, -0.2) is 9.48 Å². The number of carbonyl (C=O) groups is 1. The number of rotatable bonds is 5. The van der Waals surface area contributed by atoms with Crippen LogP contribution in [0.3, 0.4) is 0 Å². The minimum atomic E-state index is -0.364. The van der Waals surface area contributed by atoms with Gasteiger partial charge >= 0.3 is 6.03 Å². The average molecular weight is 532 g/mol. The van der Waals surface area contributed by atoms with E-state index in [1.807, 2.05) is 71.1 Å². The number of nitrogens with one attached hydrogen (secondary N) is 1. The van der Waals surface area contributed by atoms with E-state index >= 15 is 0 Å². The molecule has 7 heteroatoms. The second-order valence-corrected chi connectivity index (χ2v) is 10.2. The topological polar surface area (TPSA) is 64.3 Å². The lowest BCUT2D eigenvalue weighted by Gasteiger charge is -2.31. The lowest BCUT2D eigenvalue weighted by atomic mass is 10.0. The number of amides is 2. The summed E-state index contributed by atoms with van der Waals surface area (Å²) in [5, 5.41) is 8.26. The number of hydrogen-bond donors (Lipinski definition) is 1. The molecule has 1 aliphatic rings. The van der Waals surface area contributed by atoms with Crippen molar-refractivity contribution in [2.24, 2.45) is 0 Å². The van der Waals surface area contributed by atoms with Crippen LogP contribution < -0.4 is 10.1 Å². The van der Waals surface area contributed by atoms with Crippen LogP contribution in [0.15, 0.2) is 91.1 Å². The van der Waals surface area contributed by atoms with Crippen LogP contribution in [0.4, 0.5) is 10.5 Å². The Morgan fingerprint density at radius 2 is 1.82 bits per heavy atom. The van der Waals surface area contributed by atoms with E-state index in [4.69, 9.17) is 9.84 Å². The van der Waals surface area contributed by atoms with Crippen molar-refractivity contribution in [1.29, 1.82) is 0 Å². The molecule has 1 atom stereocenters. The van der Waals surface area contributed by atoms with Crippen molar-refractivity contribution in [2.45, 2.75) is 39.8 Å². The minimum absolute atomic E-state index is 0.171. The van der Waals surface area contributed by atoms with Crippen LogP contribution >= 0.6 is 0 Å². The molecular formula is C33H33N5O2. The first-order valence-corrected chi connectivity index (χ1v) is 13.6. The maximum absolute atomic E-state index is 14.3. The molecule has 2 amide bonds. The Balaban J connectivity index is 1.55. The fourth-order valence-corrected chi connectivity index (χ4v) is 5.65. The summed E-state index contributed by atoms with van der Waals surface area (Å²) in [5.74, 6) is 1.70. The van der Waals surface area contributed by atoms with Crippen molar-refractivity contribution in [3.05, 3.63) is 125 Å². The predicted octanol–water partition coefficient (Wildman–Crippen LogP) is 6.99. The molecule has 0 fully saturated rings. The number of nitrogens with zero attached hydrogens (tertiary/aromatic N) is 4. The van der Waals surface area contributed by atoms with Crippen molar-refractivity contribution in [2.75, 3.05) is 12.4 Å². The summed E-state index contributed by atoms with van der Waals surface area (Å²) in [6, 6.07) is 27.8. The van der Waals surface area contributed by atoms with Gasteiger partial charge in [0.1, 0.15) is 11.6 Å². The normalized spacial score (nSPS) is 14.3. The van der Waals surface area contributed by atoms with Crippen LogP contribution in [0.1, 0.15) is 46.6 Å². The van der Waals surface area contributed by atoms with Crippen LogP contribution in [0, 0.1) is 13.8 Å². The molecule has 3 heterocycles. The summed E-state index contributed by atoms with van der Waals surface area (Å²) in [6.07, 6.45) is 2.81. The van der Waals surface area contributed by atoms with E-state index in [2.05, 4.69) is 60.3 Å². The second-order valence-electron chi connectivity index (χ2n) is 10.2. The van der Waals surface area contributed by atoms with E-state index in [1.54, 1.807) is 7.11 Å². The summed E-state index contributed by atoms with van der Waals surface area (Å²) in [5.41, 5.74) is 7.90. The van der Waals surface area contributed by atoms with Gasteiger partial charge in [-0.3, -0.25) is 0 Å². The molecular weight excluding hydrogens is 498 g/mol. The number of hydrogen-bond acceptors (Lipinski definition) is 3. The molecule has 202 valence electrons. The van der Waals surface area contributed by atoms with Crippen LogP contribution in [0.25, 0.3) is 11.5 Å². The summed E-state index contributed by atoms with van der Waals surface area (Å²) in [7, 11) is 1.66. The maximum atomic E-state index is 14.3.